The molecule has 42 heavy (non-hydrogen) atoms. The third-order valence-electron chi connectivity index (χ3n) is 7.07. The highest BCUT2D eigenvalue weighted by Crippen LogP contribution is 2.32. The number of nitrogens with one attached hydrogen (secondary N) is 1. The number of rotatable bonds is 9. The fraction of sp³-hybridized carbons (Fsp3) is 0.147. The summed E-state index contributed by atoms with van der Waals surface area (Å²) in [7, 11) is 0. The van der Waals surface area contributed by atoms with Crippen LogP contribution in [0.2, 0.25) is 5.02 Å². The highest BCUT2D eigenvalue weighted by molar-refractivity contribution is 6.39. The maximum atomic E-state index is 13.0. The van der Waals surface area contributed by atoms with Crippen molar-refractivity contribution < 1.29 is 23.9 Å². The molecule has 0 spiro atoms. The lowest BCUT2D eigenvalue weighted by Gasteiger charge is -2.26. The molecule has 5 rings (SSSR count). The number of hydrogen-bond donors (Lipinski definition) is 1. The fourth-order valence-electron chi connectivity index (χ4n) is 4.62. The number of carbonyl (C=O) groups is 3. The van der Waals surface area contributed by atoms with Gasteiger partial charge in [-0.15, -0.1) is 0 Å². The predicted octanol–water partition coefficient (Wildman–Crippen LogP) is 6.79. The molecule has 1 heterocycles. The van der Waals surface area contributed by atoms with Gasteiger partial charge in [0.25, 0.3) is 11.8 Å². The van der Waals surface area contributed by atoms with E-state index < -0.39 is 17.8 Å². The van der Waals surface area contributed by atoms with Gasteiger partial charge in [0.1, 0.15) is 30.3 Å². The zero-order valence-electron chi connectivity index (χ0n) is 23.2. The van der Waals surface area contributed by atoms with Gasteiger partial charge in [0.05, 0.1) is 5.69 Å². The molecule has 0 unspecified atom stereocenters. The monoisotopic (exact) mass is 580 g/mol. The molecular weight excluding hydrogens is 552 g/mol. The molecule has 0 saturated carbocycles. The van der Waals surface area contributed by atoms with Gasteiger partial charge in [0, 0.05) is 10.4 Å². The average molecular weight is 581 g/mol. The van der Waals surface area contributed by atoms with Crippen molar-refractivity contribution in [2.45, 2.75) is 19.3 Å². The number of urea groups is 1. The van der Waals surface area contributed by atoms with E-state index in [1.807, 2.05) is 18.2 Å². The zero-order chi connectivity index (χ0) is 29.7. The summed E-state index contributed by atoms with van der Waals surface area (Å²) in [6.45, 7) is 5.09. The number of hydrogen-bond acceptors (Lipinski definition) is 5. The van der Waals surface area contributed by atoms with E-state index in [4.69, 9.17) is 21.1 Å². The second-order valence-corrected chi connectivity index (χ2v) is 10.7. The van der Waals surface area contributed by atoms with Crippen LogP contribution in [0.1, 0.15) is 30.5 Å². The first-order valence-corrected chi connectivity index (χ1v) is 13.8. The van der Waals surface area contributed by atoms with E-state index in [1.165, 1.54) is 29.3 Å². The van der Waals surface area contributed by atoms with Gasteiger partial charge in [-0.3, -0.25) is 14.9 Å². The van der Waals surface area contributed by atoms with E-state index in [1.54, 1.807) is 36.4 Å². The molecule has 212 valence electrons. The largest absolute Gasteiger partial charge is 0.490 e. The molecule has 4 aromatic rings. The minimum atomic E-state index is -0.817. The van der Waals surface area contributed by atoms with E-state index >= 15 is 0 Å². The number of nitrogens with zero attached hydrogens (tertiary/aromatic N) is 1. The number of halogens is 1. The maximum Gasteiger partial charge on any atom is 0.335 e. The Morgan fingerprint density at radius 3 is 1.88 bits per heavy atom. The molecule has 0 bridgehead atoms. The van der Waals surface area contributed by atoms with Crippen molar-refractivity contribution in [3.63, 3.8) is 0 Å². The second-order valence-electron chi connectivity index (χ2n) is 10.2. The molecule has 4 aromatic carbocycles. The maximum absolute atomic E-state index is 13.0. The van der Waals surface area contributed by atoms with Crippen molar-refractivity contribution in [3.8, 4) is 11.5 Å². The number of imide groups is 2. The Bertz CT molecular complexity index is 1610. The first-order chi connectivity index (χ1) is 20.2. The van der Waals surface area contributed by atoms with Crippen LogP contribution in [0.15, 0.2) is 109 Å². The minimum Gasteiger partial charge on any atom is -0.490 e. The Hall–Kier alpha value is -4.88. The lowest BCUT2D eigenvalue weighted by atomic mass is 9.78. The highest BCUT2D eigenvalue weighted by Gasteiger charge is 2.36. The van der Waals surface area contributed by atoms with Crippen LogP contribution in [0.3, 0.4) is 0 Å². The number of amides is 4. The zero-order valence-corrected chi connectivity index (χ0v) is 23.9. The van der Waals surface area contributed by atoms with Crippen LogP contribution < -0.4 is 19.7 Å². The average Bonchev–Trinajstić information content (AvgIpc) is 3.00. The SMILES string of the molecule is CC(C)(c1ccccc1)c1ccc(OCCOc2ccc(/C=C3\C(=O)NC(=O)N(c4ccc(Cl)cc4)C3=O)cc2)cc1. The summed E-state index contributed by atoms with van der Waals surface area (Å²) in [6, 6.07) is 30.8. The number of anilines is 1. The molecule has 1 aliphatic heterocycles. The standard InChI is InChI=1S/C34H29ClN2O5/c1-34(2,24-6-4-3-5-7-24)25-10-18-29(19-11-25)42-21-20-41-28-16-8-23(9-17-28)22-30-31(38)36-33(40)37(32(30)39)27-14-12-26(35)13-15-27/h3-19,22H,20-21H2,1-2H3,(H,36,38,40)/b30-22+. The normalized spacial score (nSPS) is 14.6. The summed E-state index contributed by atoms with van der Waals surface area (Å²) >= 11 is 5.91. The van der Waals surface area contributed by atoms with Crippen molar-refractivity contribution in [2.24, 2.45) is 0 Å². The van der Waals surface area contributed by atoms with Crippen molar-refractivity contribution in [1.82, 2.24) is 5.32 Å². The predicted molar refractivity (Wildman–Crippen MR) is 163 cm³/mol. The minimum absolute atomic E-state index is 0.118. The molecule has 1 N–H and O–H groups in total. The van der Waals surface area contributed by atoms with Crippen LogP contribution in [0, 0.1) is 0 Å². The van der Waals surface area contributed by atoms with E-state index in [-0.39, 0.29) is 11.0 Å². The lowest BCUT2D eigenvalue weighted by Crippen LogP contribution is -2.54. The topological polar surface area (TPSA) is 84.9 Å². The summed E-state index contributed by atoms with van der Waals surface area (Å²) in [5, 5.41) is 2.67. The molecule has 4 amide bonds. The van der Waals surface area contributed by atoms with E-state index in [0.717, 1.165) is 10.6 Å². The lowest BCUT2D eigenvalue weighted by molar-refractivity contribution is -0.122. The highest BCUT2D eigenvalue weighted by atomic mass is 35.5. The van der Waals surface area contributed by atoms with Crippen LogP contribution in [0.25, 0.3) is 6.08 Å². The summed E-state index contributed by atoms with van der Waals surface area (Å²) in [6.07, 6.45) is 1.43. The Kier molecular flexibility index (Phi) is 8.41. The molecule has 0 radical (unpaired) electrons. The van der Waals surface area contributed by atoms with Crippen LogP contribution in [0.4, 0.5) is 10.5 Å². The molecule has 0 aliphatic carbocycles. The van der Waals surface area contributed by atoms with Crippen molar-refractivity contribution in [3.05, 3.63) is 130 Å². The Labute approximate surface area is 249 Å². The number of benzene rings is 4. The van der Waals surface area contributed by atoms with Crippen LogP contribution in [-0.4, -0.2) is 31.1 Å². The molecule has 1 aliphatic rings. The first kappa shape index (κ1) is 28.6. The molecule has 7 nitrogen and oxygen atoms in total. The Balaban J connectivity index is 1.15. The summed E-state index contributed by atoms with van der Waals surface area (Å²) in [4.78, 5) is 38.7. The van der Waals surface area contributed by atoms with Crippen LogP contribution in [0.5, 0.6) is 11.5 Å². The smallest absolute Gasteiger partial charge is 0.335 e. The van der Waals surface area contributed by atoms with Crippen molar-refractivity contribution in [1.29, 1.82) is 0 Å². The number of carbonyl (C=O) groups excluding carboxylic acids is 3. The second kappa shape index (κ2) is 12.3. The number of barbiturate groups is 1. The first-order valence-electron chi connectivity index (χ1n) is 13.4. The van der Waals surface area contributed by atoms with E-state index in [9.17, 15) is 14.4 Å². The molecule has 1 fully saturated rings. The fourth-order valence-corrected chi connectivity index (χ4v) is 4.74. The molecule has 1 saturated heterocycles. The molecule has 8 heteroatoms. The quantitative estimate of drug-likeness (QED) is 0.134. The van der Waals surface area contributed by atoms with Crippen molar-refractivity contribution in [2.75, 3.05) is 18.1 Å². The van der Waals surface area contributed by atoms with Gasteiger partial charge in [-0.05, 0) is 71.3 Å². The Morgan fingerprint density at radius 2 is 1.29 bits per heavy atom. The van der Waals surface area contributed by atoms with Gasteiger partial charge in [0.2, 0.25) is 0 Å². The third kappa shape index (κ3) is 6.37. The molecule has 0 atom stereocenters. The van der Waals surface area contributed by atoms with Crippen molar-refractivity contribution >= 4 is 41.2 Å². The van der Waals surface area contributed by atoms with Gasteiger partial charge >= 0.3 is 6.03 Å². The summed E-state index contributed by atoms with van der Waals surface area (Å²) in [5.74, 6) is -0.114. The molecular formula is C34H29ClN2O5. The Morgan fingerprint density at radius 1 is 0.738 bits per heavy atom. The number of ether oxygens (including phenoxy) is 2. The van der Waals surface area contributed by atoms with Gasteiger partial charge < -0.3 is 9.47 Å². The van der Waals surface area contributed by atoms with Crippen LogP contribution in [-0.2, 0) is 15.0 Å². The van der Waals surface area contributed by atoms with E-state index in [0.29, 0.717) is 35.2 Å². The summed E-state index contributed by atoms with van der Waals surface area (Å²) in [5.41, 5.74) is 3.07. The van der Waals surface area contributed by atoms with Gasteiger partial charge in [-0.25, -0.2) is 9.69 Å². The van der Waals surface area contributed by atoms with Gasteiger partial charge in [0.15, 0.2) is 0 Å². The van der Waals surface area contributed by atoms with Crippen LogP contribution >= 0.6 is 11.6 Å². The summed E-state index contributed by atoms with van der Waals surface area (Å²) < 4.78 is 11.6. The molecule has 0 aromatic heterocycles. The third-order valence-corrected chi connectivity index (χ3v) is 7.32. The van der Waals surface area contributed by atoms with Gasteiger partial charge in [-0.1, -0.05) is 80.0 Å². The van der Waals surface area contributed by atoms with Gasteiger partial charge in [-0.2, -0.15) is 0 Å². The van der Waals surface area contributed by atoms with E-state index in [2.05, 4.69) is 55.6 Å².